The number of amides is 1. The minimum Gasteiger partial charge on any atom is -0.495 e. The molecule has 0 aliphatic heterocycles. The average molecular weight is 447 g/mol. The van der Waals surface area contributed by atoms with Gasteiger partial charge in [0.05, 0.1) is 29.8 Å². The van der Waals surface area contributed by atoms with Gasteiger partial charge >= 0.3 is 0 Å². The second kappa shape index (κ2) is 9.70. The summed E-state index contributed by atoms with van der Waals surface area (Å²) in [5, 5.41) is 10.4. The summed E-state index contributed by atoms with van der Waals surface area (Å²) in [4.78, 5) is 14.8. The Kier molecular flexibility index (Phi) is 7.23. The van der Waals surface area contributed by atoms with Crippen LogP contribution in [-0.2, 0) is 14.8 Å². The van der Waals surface area contributed by atoms with Crippen LogP contribution in [0.2, 0.25) is 0 Å². The number of carbonyl (C=O) groups excluding carboxylic acids is 1. The number of aliphatic hydroxyl groups is 1. The average Bonchev–Trinajstić information content (AvgIpc) is 2.77. The van der Waals surface area contributed by atoms with Gasteiger partial charge in [0, 0.05) is 7.05 Å². The van der Waals surface area contributed by atoms with Gasteiger partial charge < -0.3 is 14.7 Å². The molecule has 1 aliphatic carbocycles. The highest BCUT2D eigenvalue weighted by atomic mass is 32.2. The van der Waals surface area contributed by atoms with Gasteiger partial charge in [-0.2, -0.15) is 0 Å². The van der Waals surface area contributed by atoms with Crippen molar-refractivity contribution >= 4 is 21.6 Å². The van der Waals surface area contributed by atoms with Crippen molar-refractivity contribution in [2.45, 2.75) is 49.6 Å². The number of methoxy groups -OCH3 is 1. The maximum Gasteiger partial charge on any atom is 0.264 e. The van der Waals surface area contributed by atoms with E-state index in [0.717, 1.165) is 22.7 Å². The number of likely N-dealkylation sites (N-methyl/N-ethyl adjacent to an activating group) is 1. The number of anilines is 1. The van der Waals surface area contributed by atoms with E-state index in [2.05, 4.69) is 0 Å². The molecule has 0 radical (unpaired) electrons. The molecule has 1 amide bonds. The van der Waals surface area contributed by atoms with Crippen LogP contribution in [0.4, 0.5) is 5.69 Å². The Labute approximate surface area is 184 Å². The summed E-state index contributed by atoms with van der Waals surface area (Å²) in [5.41, 5.74) is 1.14. The van der Waals surface area contributed by atoms with Crippen molar-refractivity contribution in [3.63, 3.8) is 0 Å². The largest absolute Gasteiger partial charge is 0.495 e. The fourth-order valence-electron chi connectivity index (χ4n) is 3.98. The fraction of sp³-hybridized carbons (Fsp3) is 0.435. The molecule has 2 unspecified atom stereocenters. The van der Waals surface area contributed by atoms with Crippen LogP contribution in [0.15, 0.2) is 53.4 Å². The lowest BCUT2D eigenvalue weighted by atomic mass is 9.91. The van der Waals surface area contributed by atoms with Crippen molar-refractivity contribution in [3.8, 4) is 5.75 Å². The summed E-state index contributed by atoms with van der Waals surface area (Å²) < 4.78 is 33.6. The standard InChI is InChI=1S/C23H30N2O5S/c1-17-13-14-22(30-3)20(15-17)25(31(28,29)18-9-5-4-6-10-18)16-23(27)24(2)19-11-7-8-12-21(19)26/h4-6,9-10,13-15,19,21,26H,7-8,11-12,16H2,1-3H3. The molecule has 0 aromatic heterocycles. The lowest BCUT2D eigenvalue weighted by Crippen LogP contribution is -2.50. The number of sulfonamides is 1. The smallest absolute Gasteiger partial charge is 0.264 e. The minimum atomic E-state index is -4.03. The molecule has 0 saturated heterocycles. The van der Waals surface area contributed by atoms with Gasteiger partial charge in [0.1, 0.15) is 12.3 Å². The molecule has 1 saturated carbocycles. The highest BCUT2D eigenvalue weighted by Gasteiger charge is 2.34. The Hall–Kier alpha value is -2.58. The van der Waals surface area contributed by atoms with Crippen LogP contribution in [0.3, 0.4) is 0 Å². The molecule has 0 spiro atoms. The molecule has 168 valence electrons. The third-order valence-corrected chi connectivity index (χ3v) is 7.57. The first-order valence-corrected chi connectivity index (χ1v) is 11.9. The first kappa shape index (κ1) is 23.1. The van der Waals surface area contributed by atoms with Gasteiger partial charge in [0.15, 0.2) is 0 Å². The summed E-state index contributed by atoms with van der Waals surface area (Å²) in [5.74, 6) is -0.0210. The topological polar surface area (TPSA) is 87.2 Å². The highest BCUT2D eigenvalue weighted by Crippen LogP contribution is 2.33. The van der Waals surface area contributed by atoms with E-state index < -0.39 is 22.7 Å². The number of rotatable bonds is 7. The van der Waals surface area contributed by atoms with Crippen LogP contribution < -0.4 is 9.04 Å². The molecule has 31 heavy (non-hydrogen) atoms. The summed E-state index contributed by atoms with van der Waals surface area (Å²) in [6.07, 6.45) is 2.59. The van der Waals surface area contributed by atoms with Crippen molar-refractivity contribution in [2.24, 2.45) is 0 Å². The van der Waals surface area contributed by atoms with Crippen LogP contribution in [0, 0.1) is 6.92 Å². The van der Waals surface area contributed by atoms with Crippen LogP contribution in [0.25, 0.3) is 0 Å². The summed E-state index contributed by atoms with van der Waals surface area (Å²) in [6, 6.07) is 12.9. The molecule has 7 nitrogen and oxygen atoms in total. The number of ether oxygens (including phenoxy) is 1. The number of carbonyl (C=O) groups is 1. The van der Waals surface area contributed by atoms with E-state index in [9.17, 15) is 18.3 Å². The van der Waals surface area contributed by atoms with Crippen LogP contribution in [0.5, 0.6) is 5.75 Å². The predicted molar refractivity (Wildman–Crippen MR) is 120 cm³/mol. The molecular formula is C23H30N2O5S. The van der Waals surface area contributed by atoms with Gasteiger partial charge in [-0.25, -0.2) is 8.42 Å². The monoisotopic (exact) mass is 446 g/mol. The Morgan fingerprint density at radius 1 is 1.13 bits per heavy atom. The number of nitrogens with zero attached hydrogens (tertiary/aromatic N) is 2. The summed E-state index contributed by atoms with van der Waals surface area (Å²) in [7, 11) is -0.940. The third-order valence-electron chi connectivity index (χ3n) is 5.80. The fourth-order valence-corrected chi connectivity index (χ4v) is 5.41. The summed E-state index contributed by atoms with van der Waals surface area (Å²) in [6.45, 7) is 1.46. The molecule has 1 N–H and O–H groups in total. The van der Waals surface area contributed by atoms with Crippen LogP contribution >= 0.6 is 0 Å². The molecular weight excluding hydrogens is 416 g/mol. The lowest BCUT2D eigenvalue weighted by molar-refractivity contribution is -0.133. The maximum absolute atomic E-state index is 13.6. The quantitative estimate of drug-likeness (QED) is 0.707. The molecule has 2 atom stereocenters. The molecule has 3 rings (SSSR count). The van der Waals surface area contributed by atoms with Crippen molar-refractivity contribution in [1.82, 2.24) is 4.90 Å². The van der Waals surface area contributed by atoms with E-state index in [1.165, 1.54) is 24.1 Å². The van der Waals surface area contributed by atoms with E-state index in [4.69, 9.17) is 4.74 Å². The Morgan fingerprint density at radius 3 is 2.45 bits per heavy atom. The highest BCUT2D eigenvalue weighted by molar-refractivity contribution is 7.92. The van der Waals surface area contributed by atoms with Gasteiger partial charge in [-0.05, 0) is 49.6 Å². The molecule has 0 heterocycles. The molecule has 1 aliphatic rings. The number of benzene rings is 2. The van der Waals surface area contributed by atoms with Crippen molar-refractivity contribution < 1.29 is 23.1 Å². The van der Waals surface area contributed by atoms with Gasteiger partial charge in [-0.1, -0.05) is 37.1 Å². The van der Waals surface area contributed by atoms with Gasteiger partial charge in [0.25, 0.3) is 10.0 Å². The number of hydrogen-bond donors (Lipinski definition) is 1. The zero-order chi connectivity index (χ0) is 22.6. The Bertz CT molecular complexity index is 1010. The molecule has 1 fully saturated rings. The Morgan fingerprint density at radius 2 is 1.81 bits per heavy atom. The van der Waals surface area contributed by atoms with E-state index in [-0.39, 0.29) is 16.8 Å². The van der Waals surface area contributed by atoms with E-state index >= 15 is 0 Å². The molecule has 2 aromatic rings. The van der Waals surface area contributed by atoms with Gasteiger partial charge in [0.2, 0.25) is 5.91 Å². The maximum atomic E-state index is 13.6. The first-order valence-electron chi connectivity index (χ1n) is 10.4. The van der Waals surface area contributed by atoms with E-state index in [0.29, 0.717) is 24.3 Å². The normalized spacial score (nSPS) is 19.0. The van der Waals surface area contributed by atoms with Crippen molar-refractivity contribution in [1.29, 1.82) is 0 Å². The van der Waals surface area contributed by atoms with Gasteiger partial charge in [-0.3, -0.25) is 9.10 Å². The second-order valence-electron chi connectivity index (χ2n) is 7.92. The molecule has 2 aromatic carbocycles. The van der Waals surface area contributed by atoms with Crippen LogP contribution in [0.1, 0.15) is 31.2 Å². The molecule has 8 heteroatoms. The zero-order valence-corrected chi connectivity index (χ0v) is 19.0. The number of aliphatic hydroxyl groups excluding tert-OH is 1. The third kappa shape index (κ3) is 5.02. The number of hydrogen-bond acceptors (Lipinski definition) is 5. The second-order valence-corrected chi connectivity index (χ2v) is 9.79. The van der Waals surface area contributed by atoms with Crippen molar-refractivity contribution in [3.05, 3.63) is 54.1 Å². The summed E-state index contributed by atoms with van der Waals surface area (Å²) >= 11 is 0. The van der Waals surface area contributed by atoms with Crippen molar-refractivity contribution in [2.75, 3.05) is 25.0 Å². The first-order chi connectivity index (χ1) is 14.8. The number of aryl methyl sites for hydroxylation is 1. The zero-order valence-electron chi connectivity index (χ0n) is 18.2. The van der Waals surface area contributed by atoms with Gasteiger partial charge in [-0.15, -0.1) is 0 Å². The van der Waals surface area contributed by atoms with E-state index in [1.54, 1.807) is 37.4 Å². The predicted octanol–water partition coefficient (Wildman–Crippen LogP) is 2.96. The molecule has 0 bridgehead atoms. The minimum absolute atomic E-state index is 0.0895. The Balaban J connectivity index is 2.01. The van der Waals surface area contributed by atoms with Crippen LogP contribution in [-0.4, -0.2) is 57.2 Å². The van der Waals surface area contributed by atoms with E-state index in [1.807, 2.05) is 13.0 Å². The lowest BCUT2D eigenvalue weighted by Gasteiger charge is -2.36. The SMILES string of the molecule is COc1ccc(C)cc1N(CC(=O)N(C)C1CCCCC1O)S(=O)(=O)c1ccccc1.